The van der Waals surface area contributed by atoms with Crippen LogP contribution in [0.15, 0.2) is 35.3 Å². The first-order chi connectivity index (χ1) is 12.6. The van der Waals surface area contributed by atoms with Crippen LogP contribution >= 0.6 is 0 Å². The van der Waals surface area contributed by atoms with Gasteiger partial charge in [-0.15, -0.1) is 0 Å². The largest absolute Gasteiger partial charge is 0.492 e. The second kappa shape index (κ2) is 6.82. The molecule has 2 aromatic rings. The molecule has 136 valence electrons. The van der Waals surface area contributed by atoms with Gasteiger partial charge < -0.3 is 15.0 Å². The number of aryl methyl sites for hydroxylation is 1. The summed E-state index contributed by atoms with van der Waals surface area (Å²) >= 11 is 0. The van der Waals surface area contributed by atoms with Crippen molar-refractivity contribution in [2.45, 2.75) is 12.8 Å². The summed E-state index contributed by atoms with van der Waals surface area (Å²) in [6.07, 6.45) is 3.55. The van der Waals surface area contributed by atoms with E-state index in [1.54, 1.807) is 19.3 Å². The second-order valence-corrected chi connectivity index (χ2v) is 6.88. The van der Waals surface area contributed by atoms with Gasteiger partial charge in [-0.25, -0.2) is 4.68 Å². The molecule has 0 spiro atoms. The molecule has 1 saturated heterocycles. The van der Waals surface area contributed by atoms with E-state index < -0.39 is 0 Å². The monoisotopic (exact) mass is 354 g/mol. The van der Waals surface area contributed by atoms with Crippen molar-refractivity contribution in [1.82, 2.24) is 15.1 Å². The second-order valence-electron chi connectivity index (χ2n) is 6.88. The molecule has 0 radical (unpaired) electrons. The Hall–Kier alpha value is -2.83. The highest BCUT2D eigenvalue weighted by Crippen LogP contribution is 2.29. The van der Waals surface area contributed by atoms with Crippen LogP contribution in [-0.2, 0) is 13.5 Å². The standard InChI is InChI=1S/C19H22N4O3/c1-22-17(24)9-15(11-21-22)23-7-5-13(12-23)10-20-19(25)16-4-2-3-14-6-8-26-18(14)16/h2-4,9,11,13H,5-8,10,12H2,1H3,(H,20,25). The van der Waals surface area contributed by atoms with E-state index in [1.807, 2.05) is 18.2 Å². The Morgan fingerprint density at radius 2 is 2.31 bits per heavy atom. The van der Waals surface area contributed by atoms with E-state index in [9.17, 15) is 9.59 Å². The van der Waals surface area contributed by atoms with Gasteiger partial charge in [0.15, 0.2) is 0 Å². The van der Waals surface area contributed by atoms with Gasteiger partial charge in [0.1, 0.15) is 5.75 Å². The zero-order valence-corrected chi connectivity index (χ0v) is 14.8. The maximum absolute atomic E-state index is 12.5. The molecular weight excluding hydrogens is 332 g/mol. The molecule has 0 bridgehead atoms. The highest BCUT2D eigenvalue weighted by Gasteiger charge is 2.25. The number of aromatic nitrogens is 2. The summed E-state index contributed by atoms with van der Waals surface area (Å²) in [6, 6.07) is 7.33. The predicted molar refractivity (Wildman–Crippen MR) is 97.8 cm³/mol. The molecule has 1 amide bonds. The highest BCUT2D eigenvalue weighted by molar-refractivity contribution is 5.97. The van der Waals surface area contributed by atoms with Gasteiger partial charge in [0.25, 0.3) is 11.5 Å². The van der Waals surface area contributed by atoms with Gasteiger partial charge in [-0.2, -0.15) is 5.10 Å². The first-order valence-corrected chi connectivity index (χ1v) is 8.93. The molecule has 0 aliphatic carbocycles. The molecule has 1 fully saturated rings. The number of ether oxygens (including phenoxy) is 1. The molecule has 2 aliphatic rings. The minimum absolute atomic E-state index is 0.0857. The number of hydrogen-bond acceptors (Lipinski definition) is 5. The summed E-state index contributed by atoms with van der Waals surface area (Å²) in [7, 11) is 1.64. The summed E-state index contributed by atoms with van der Waals surface area (Å²) in [6.45, 7) is 2.91. The average molecular weight is 354 g/mol. The normalized spacial score (nSPS) is 18.5. The molecular formula is C19H22N4O3. The molecule has 1 N–H and O–H groups in total. The summed E-state index contributed by atoms with van der Waals surface area (Å²) in [5, 5.41) is 7.11. The lowest BCUT2D eigenvalue weighted by Gasteiger charge is -2.18. The maximum atomic E-state index is 12.5. The van der Waals surface area contributed by atoms with Gasteiger partial charge >= 0.3 is 0 Å². The smallest absolute Gasteiger partial charge is 0.268 e. The number of rotatable bonds is 4. The van der Waals surface area contributed by atoms with Crippen molar-refractivity contribution >= 4 is 11.6 Å². The lowest BCUT2D eigenvalue weighted by atomic mass is 10.1. The van der Waals surface area contributed by atoms with E-state index >= 15 is 0 Å². The van der Waals surface area contributed by atoms with Crippen molar-refractivity contribution in [3.05, 3.63) is 51.9 Å². The van der Waals surface area contributed by atoms with Crippen molar-refractivity contribution in [1.29, 1.82) is 0 Å². The third-order valence-electron chi connectivity index (χ3n) is 5.11. The molecule has 4 rings (SSSR count). The Bertz CT molecular complexity index is 893. The summed E-state index contributed by atoms with van der Waals surface area (Å²) < 4.78 is 6.93. The number of nitrogens with zero attached hydrogens (tertiary/aromatic N) is 3. The fourth-order valence-corrected chi connectivity index (χ4v) is 3.59. The number of nitrogens with one attached hydrogen (secondary N) is 1. The van der Waals surface area contributed by atoms with E-state index in [4.69, 9.17) is 4.74 Å². The van der Waals surface area contributed by atoms with Crippen LogP contribution < -0.4 is 20.5 Å². The zero-order valence-electron chi connectivity index (χ0n) is 14.8. The lowest BCUT2D eigenvalue weighted by molar-refractivity contribution is 0.0945. The average Bonchev–Trinajstić information content (AvgIpc) is 3.30. The lowest BCUT2D eigenvalue weighted by Crippen LogP contribution is -2.31. The topological polar surface area (TPSA) is 76.5 Å². The number of benzene rings is 1. The molecule has 0 saturated carbocycles. The van der Waals surface area contributed by atoms with Crippen LogP contribution in [0.4, 0.5) is 5.69 Å². The molecule has 1 unspecified atom stereocenters. The van der Waals surface area contributed by atoms with E-state index in [1.165, 1.54) is 4.68 Å². The van der Waals surface area contributed by atoms with Crippen molar-refractivity contribution in [2.24, 2.45) is 13.0 Å². The number of hydrogen-bond donors (Lipinski definition) is 1. The van der Waals surface area contributed by atoms with Crippen molar-refractivity contribution in [3.8, 4) is 5.75 Å². The first kappa shape index (κ1) is 16.6. The Morgan fingerprint density at radius 1 is 1.42 bits per heavy atom. The van der Waals surface area contributed by atoms with Gasteiger partial charge in [0.05, 0.1) is 24.1 Å². The van der Waals surface area contributed by atoms with Crippen molar-refractivity contribution in [2.75, 3.05) is 31.1 Å². The Labute approximate surface area is 151 Å². The van der Waals surface area contributed by atoms with Crippen LogP contribution in [0.2, 0.25) is 0 Å². The third kappa shape index (κ3) is 3.16. The quantitative estimate of drug-likeness (QED) is 0.885. The SMILES string of the molecule is Cn1ncc(N2CCC(CNC(=O)c3cccc4c3OCC4)C2)cc1=O. The minimum atomic E-state index is -0.114. The molecule has 2 aliphatic heterocycles. The third-order valence-corrected chi connectivity index (χ3v) is 5.11. The number of fused-ring (bicyclic) bond motifs is 1. The van der Waals surface area contributed by atoms with Crippen LogP contribution in [0.25, 0.3) is 0 Å². The highest BCUT2D eigenvalue weighted by atomic mass is 16.5. The van der Waals surface area contributed by atoms with Gasteiger partial charge in [0, 0.05) is 39.2 Å². The van der Waals surface area contributed by atoms with E-state index in [-0.39, 0.29) is 11.5 Å². The first-order valence-electron chi connectivity index (χ1n) is 8.93. The fraction of sp³-hybridized carbons (Fsp3) is 0.421. The molecule has 1 atom stereocenters. The minimum Gasteiger partial charge on any atom is -0.492 e. The van der Waals surface area contributed by atoms with E-state index in [2.05, 4.69) is 15.3 Å². The number of anilines is 1. The number of amides is 1. The predicted octanol–water partition coefficient (Wildman–Crippen LogP) is 0.971. The summed E-state index contributed by atoms with van der Waals surface area (Å²) in [5.74, 6) is 0.988. The van der Waals surface area contributed by atoms with Crippen LogP contribution in [0.1, 0.15) is 22.3 Å². The van der Waals surface area contributed by atoms with Gasteiger partial charge in [-0.1, -0.05) is 12.1 Å². The number of para-hydroxylation sites is 1. The summed E-state index contributed by atoms with van der Waals surface area (Å²) in [5.41, 5.74) is 2.45. The van der Waals surface area contributed by atoms with Gasteiger partial charge in [-0.3, -0.25) is 9.59 Å². The van der Waals surface area contributed by atoms with Crippen LogP contribution in [0.3, 0.4) is 0 Å². The fourth-order valence-electron chi connectivity index (χ4n) is 3.59. The van der Waals surface area contributed by atoms with Crippen molar-refractivity contribution in [3.63, 3.8) is 0 Å². The van der Waals surface area contributed by atoms with E-state index in [0.29, 0.717) is 24.6 Å². The number of carbonyl (C=O) groups excluding carboxylic acids is 1. The molecule has 7 heteroatoms. The number of carbonyl (C=O) groups is 1. The molecule has 3 heterocycles. The van der Waals surface area contributed by atoms with Crippen LogP contribution in [0, 0.1) is 5.92 Å². The molecule has 1 aromatic heterocycles. The van der Waals surface area contributed by atoms with Gasteiger partial charge in [0.2, 0.25) is 0 Å². The van der Waals surface area contributed by atoms with E-state index in [0.717, 1.165) is 42.9 Å². The Kier molecular flexibility index (Phi) is 4.36. The zero-order chi connectivity index (χ0) is 18.1. The van der Waals surface area contributed by atoms with Crippen molar-refractivity contribution < 1.29 is 9.53 Å². The molecule has 1 aromatic carbocycles. The molecule has 26 heavy (non-hydrogen) atoms. The Balaban J connectivity index is 1.36. The van der Waals surface area contributed by atoms with Gasteiger partial charge in [-0.05, 0) is 24.0 Å². The Morgan fingerprint density at radius 3 is 3.15 bits per heavy atom. The van der Waals surface area contributed by atoms with Crippen LogP contribution in [-0.4, -0.2) is 41.9 Å². The molecule has 7 nitrogen and oxygen atoms in total. The summed E-state index contributed by atoms with van der Waals surface area (Å²) in [4.78, 5) is 26.4. The van der Waals surface area contributed by atoms with Crippen LogP contribution in [0.5, 0.6) is 5.75 Å². The maximum Gasteiger partial charge on any atom is 0.268 e.